The molecule has 1 fully saturated rings. The predicted octanol–water partition coefficient (Wildman–Crippen LogP) is 2.80. The molecule has 0 saturated carbocycles. The molecular weight excluding hydrogens is 327 g/mol. The van der Waals surface area contributed by atoms with Crippen LogP contribution in [0.5, 0.6) is 0 Å². The van der Waals surface area contributed by atoms with Crippen LogP contribution in [-0.2, 0) is 9.59 Å². The second-order valence-corrected chi connectivity index (χ2v) is 6.33. The first kappa shape index (κ1) is 16.9. The number of aliphatic carboxylic acids is 1. The van der Waals surface area contributed by atoms with E-state index in [2.05, 4.69) is 10.2 Å². The maximum Gasteiger partial charge on any atom is 0.325 e. The lowest BCUT2D eigenvalue weighted by Crippen LogP contribution is -2.45. The number of rotatable bonds is 4. The highest BCUT2D eigenvalue weighted by Crippen LogP contribution is 2.29. The summed E-state index contributed by atoms with van der Waals surface area (Å²) in [6.07, 6.45) is 1.34. The molecule has 1 saturated heterocycles. The molecule has 1 unspecified atom stereocenters. The number of halogens is 2. The van der Waals surface area contributed by atoms with Gasteiger partial charge >= 0.3 is 5.97 Å². The number of hydrogen-bond acceptors (Lipinski definition) is 3. The van der Waals surface area contributed by atoms with Crippen molar-refractivity contribution in [2.45, 2.75) is 25.8 Å². The summed E-state index contributed by atoms with van der Waals surface area (Å²) >= 11 is 12.0. The van der Waals surface area contributed by atoms with Gasteiger partial charge in [-0.3, -0.25) is 9.59 Å². The fourth-order valence-corrected chi connectivity index (χ4v) is 3.03. The number of carboxylic acids is 1. The predicted molar refractivity (Wildman–Crippen MR) is 86.6 cm³/mol. The quantitative estimate of drug-likeness (QED) is 0.880. The van der Waals surface area contributed by atoms with Gasteiger partial charge in [0, 0.05) is 34.7 Å². The minimum Gasteiger partial charge on any atom is -0.480 e. The van der Waals surface area contributed by atoms with Crippen LogP contribution in [0.1, 0.15) is 19.8 Å². The maximum atomic E-state index is 12.0. The molecule has 2 rings (SSSR count). The third-order valence-electron chi connectivity index (χ3n) is 3.81. The molecule has 1 aliphatic heterocycles. The molecule has 0 spiro atoms. The molecule has 0 aromatic heterocycles. The van der Waals surface area contributed by atoms with Gasteiger partial charge in [-0.25, -0.2) is 0 Å². The number of carbonyl (C=O) groups excluding carboxylic acids is 1. The number of amides is 1. The number of benzene rings is 1. The van der Waals surface area contributed by atoms with Crippen molar-refractivity contribution in [2.24, 2.45) is 5.92 Å². The Labute approximate surface area is 139 Å². The minimum atomic E-state index is -1.03. The van der Waals surface area contributed by atoms with E-state index in [0.29, 0.717) is 36.0 Å². The normalized spacial score (nSPS) is 17.1. The van der Waals surface area contributed by atoms with Crippen molar-refractivity contribution in [1.29, 1.82) is 0 Å². The van der Waals surface area contributed by atoms with E-state index in [4.69, 9.17) is 28.3 Å². The largest absolute Gasteiger partial charge is 0.480 e. The van der Waals surface area contributed by atoms with E-state index < -0.39 is 12.0 Å². The lowest BCUT2D eigenvalue weighted by Gasteiger charge is -2.33. The lowest BCUT2D eigenvalue weighted by molar-refractivity contribution is -0.142. The second-order valence-electron chi connectivity index (χ2n) is 5.46. The molecule has 5 nitrogen and oxygen atoms in total. The standard InChI is InChI=1S/C15H18Cl2N2O3/c1-9(15(21)22)18-14(20)10-2-4-19(5-3-10)13-7-11(16)6-12(17)8-13/h6-10H,2-5H2,1H3,(H,18,20)(H,21,22). The van der Waals surface area contributed by atoms with Crippen LogP contribution in [0.2, 0.25) is 10.0 Å². The Hall–Kier alpha value is -1.46. The van der Waals surface area contributed by atoms with Crippen LogP contribution >= 0.6 is 23.2 Å². The second kappa shape index (κ2) is 7.20. The highest BCUT2D eigenvalue weighted by atomic mass is 35.5. The summed E-state index contributed by atoms with van der Waals surface area (Å²) in [6, 6.07) is 4.51. The molecule has 22 heavy (non-hydrogen) atoms. The zero-order chi connectivity index (χ0) is 16.3. The third-order valence-corrected chi connectivity index (χ3v) is 4.24. The smallest absolute Gasteiger partial charge is 0.325 e. The number of anilines is 1. The van der Waals surface area contributed by atoms with E-state index in [-0.39, 0.29) is 11.8 Å². The van der Waals surface area contributed by atoms with Crippen LogP contribution in [0.4, 0.5) is 5.69 Å². The molecule has 1 atom stereocenters. The van der Waals surface area contributed by atoms with E-state index >= 15 is 0 Å². The molecule has 0 aliphatic carbocycles. The fraction of sp³-hybridized carbons (Fsp3) is 0.467. The molecule has 7 heteroatoms. The number of piperidine rings is 1. The molecular formula is C15H18Cl2N2O3. The Morgan fingerprint density at radius 3 is 2.27 bits per heavy atom. The maximum absolute atomic E-state index is 12.0. The molecule has 0 radical (unpaired) electrons. The molecule has 2 N–H and O–H groups in total. The molecule has 1 aromatic rings. The molecule has 1 aromatic carbocycles. The summed E-state index contributed by atoms with van der Waals surface area (Å²) in [5, 5.41) is 12.5. The number of carbonyl (C=O) groups is 2. The SMILES string of the molecule is CC(NC(=O)C1CCN(c2cc(Cl)cc(Cl)c2)CC1)C(=O)O. The summed E-state index contributed by atoms with van der Waals surface area (Å²) in [5.74, 6) is -1.38. The Bertz CT molecular complexity index is 552. The van der Waals surface area contributed by atoms with Crippen molar-refractivity contribution in [3.8, 4) is 0 Å². The molecule has 0 bridgehead atoms. The van der Waals surface area contributed by atoms with Crippen molar-refractivity contribution in [2.75, 3.05) is 18.0 Å². The Kier molecular flexibility index (Phi) is 5.53. The van der Waals surface area contributed by atoms with Gasteiger partial charge in [-0.05, 0) is 38.0 Å². The van der Waals surface area contributed by atoms with Gasteiger partial charge in [0.2, 0.25) is 5.91 Å². The first-order valence-corrected chi connectivity index (χ1v) is 7.86. The lowest BCUT2D eigenvalue weighted by atomic mass is 9.95. The van der Waals surface area contributed by atoms with Crippen LogP contribution in [-0.4, -0.2) is 36.1 Å². The van der Waals surface area contributed by atoms with Crippen LogP contribution in [0.3, 0.4) is 0 Å². The van der Waals surface area contributed by atoms with E-state index in [0.717, 1.165) is 5.69 Å². The zero-order valence-electron chi connectivity index (χ0n) is 12.2. The minimum absolute atomic E-state index is 0.160. The van der Waals surface area contributed by atoms with E-state index in [1.165, 1.54) is 6.92 Å². The van der Waals surface area contributed by atoms with Gasteiger partial charge in [0.1, 0.15) is 6.04 Å². The number of hydrogen-bond donors (Lipinski definition) is 2. The molecule has 1 heterocycles. The summed E-state index contributed by atoms with van der Waals surface area (Å²) < 4.78 is 0. The summed E-state index contributed by atoms with van der Waals surface area (Å²) in [5.41, 5.74) is 0.940. The Balaban J connectivity index is 1.92. The zero-order valence-corrected chi connectivity index (χ0v) is 13.7. The average molecular weight is 345 g/mol. The Morgan fingerprint density at radius 2 is 1.77 bits per heavy atom. The highest BCUT2D eigenvalue weighted by molar-refractivity contribution is 6.35. The Morgan fingerprint density at radius 1 is 1.23 bits per heavy atom. The van der Waals surface area contributed by atoms with Gasteiger partial charge in [0.15, 0.2) is 0 Å². The molecule has 120 valence electrons. The summed E-state index contributed by atoms with van der Waals surface area (Å²) in [7, 11) is 0. The number of nitrogens with one attached hydrogen (secondary N) is 1. The van der Waals surface area contributed by atoms with Crippen LogP contribution < -0.4 is 10.2 Å². The van der Waals surface area contributed by atoms with E-state index in [1.807, 2.05) is 12.1 Å². The first-order valence-electron chi connectivity index (χ1n) is 7.11. The average Bonchev–Trinajstić information content (AvgIpc) is 2.46. The van der Waals surface area contributed by atoms with Crippen molar-refractivity contribution in [1.82, 2.24) is 5.32 Å². The van der Waals surface area contributed by atoms with E-state index in [1.54, 1.807) is 6.07 Å². The topological polar surface area (TPSA) is 69.6 Å². The number of carboxylic acid groups (broad SMARTS) is 1. The van der Waals surface area contributed by atoms with Gasteiger partial charge in [-0.1, -0.05) is 23.2 Å². The summed E-state index contributed by atoms with van der Waals surface area (Å²) in [6.45, 7) is 2.87. The van der Waals surface area contributed by atoms with Gasteiger partial charge in [0.25, 0.3) is 0 Å². The van der Waals surface area contributed by atoms with Crippen molar-refractivity contribution in [3.63, 3.8) is 0 Å². The highest BCUT2D eigenvalue weighted by Gasteiger charge is 2.27. The van der Waals surface area contributed by atoms with Gasteiger partial charge in [-0.2, -0.15) is 0 Å². The van der Waals surface area contributed by atoms with Crippen LogP contribution in [0.25, 0.3) is 0 Å². The van der Waals surface area contributed by atoms with Gasteiger partial charge < -0.3 is 15.3 Å². The van der Waals surface area contributed by atoms with Crippen LogP contribution in [0.15, 0.2) is 18.2 Å². The first-order chi connectivity index (χ1) is 10.4. The fourth-order valence-electron chi connectivity index (χ4n) is 2.51. The van der Waals surface area contributed by atoms with Gasteiger partial charge in [-0.15, -0.1) is 0 Å². The molecule has 1 aliphatic rings. The monoisotopic (exact) mass is 344 g/mol. The number of nitrogens with zero attached hydrogens (tertiary/aromatic N) is 1. The van der Waals surface area contributed by atoms with Crippen LogP contribution in [0, 0.1) is 5.92 Å². The van der Waals surface area contributed by atoms with Gasteiger partial charge in [0.05, 0.1) is 0 Å². The van der Waals surface area contributed by atoms with Crippen molar-refractivity contribution in [3.05, 3.63) is 28.2 Å². The van der Waals surface area contributed by atoms with Crippen molar-refractivity contribution < 1.29 is 14.7 Å². The summed E-state index contributed by atoms with van der Waals surface area (Å²) in [4.78, 5) is 24.9. The molecule has 1 amide bonds. The third kappa shape index (κ3) is 4.27. The van der Waals surface area contributed by atoms with Crippen molar-refractivity contribution >= 4 is 40.8 Å². The van der Waals surface area contributed by atoms with E-state index in [9.17, 15) is 9.59 Å².